The zero-order valence-corrected chi connectivity index (χ0v) is 15.3. The van der Waals surface area contributed by atoms with Gasteiger partial charge in [-0.05, 0) is 42.7 Å². The maximum Gasteiger partial charge on any atom is 0.241 e. The fourth-order valence-electron chi connectivity index (χ4n) is 4.27. The predicted octanol–water partition coefficient (Wildman–Crippen LogP) is 3.94. The minimum Gasteiger partial charge on any atom is -0.335 e. The van der Waals surface area contributed by atoms with Crippen LogP contribution in [0.4, 0.5) is 5.69 Å². The first-order valence-corrected chi connectivity index (χ1v) is 8.80. The molecule has 1 saturated heterocycles. The maximum atomic E-state index is 12.3. The zero-order chi connectivity index (χ0) is 17.8. The summed E-state index contributed by atoms with van der Waals surface area (Å²) in [6.07, 6.45) is 4.32. The highest BCUT2D eigenvalue weighted by Gasteiger charge is 2.59. The summed E-state index contributed by atoms with van der Waals surface area (Å²) in [7, 11) is 0. The highest BCUT2D eigenvalue weighted by molar-refractivity contribution is 5.91. The van der Waals surface area contributed by atoms with E-state index < -0.39 is 5.66 Å². The molecule has 3 nitrogen and oxygen atoms in total. The monoisotopic (exact) mass is 332 g/mol. The molecule has 0 unspecified atom stereocenters. The zero-order valence-electron chi connectivity index (χ0n) is 15.3. The van der Waals surface area contributed by atoms with Gasteiger partial charge in [0.1, 0.15) is 5.66 Å². The van der Waals surface area contributed by atoms with Crippen LogP contribution in [-0.4, -0.2) is 18.1 Å². The van der Waals surface area contributed by atoms with Gasteiger partial charge in [0, 0.05) is 11.1 Å². The van der Waals surface area contributed by atoms with Crippen molar-refractivity contribution in [2.45, 2.75) is 38.8 Å². The molecule has 1 amide bonds. The van der Waals surface area contributed by atoms with E-state index in [-0.39, 0.29) is 11.3 Å². The van der Waals surface area contributed by atoms with Crippen molar-refractivity contribution < 1.29 is 4.79 Å². The van der Waals surface area contributed by atoms with Crippen LogP contribution in [0, 0.1) is 13.8 Å². The number of nitrogens with zero attached hydrogens (tertiary/aromatic N) is 1. The highest BCUT2D eigenvalue weighted by Crippen LogP contribution is 2.53. The Morgan fingerprint density at radius 2 is 1.88 bits per heavy atom. The fourth-order valence-corrected chi connectivity index (χ4v) is 4.27. The lowest BCUT2D eigenvalue weighted by Gasteiger charge is -2.40. The molecule has 2 heterocycles. The number of aryl methyl sites for hydroxylation is 2. The topological polar surface area (TPSA) is 32.3 Å². The van der Waals surface area contributed by atoms with E-state index in [1.165, 1.54) is 22.3 Å². The average Bonchev–Trinajstić information content (AvgIpc) is 2.99. The number of carbonyl (C=O) groups is 1. The lowest BCUT2D eigenvalue weighted by atomic mass is 9.75. The van der Waals surface area contributed by atoms with Gasteiger partial charge in [0.25, 0.3) is 0 Å². The molecule has 4 rings (SSSR count). The number of carbonyl (C=O) groups excluding carboxylic acids is 1. The molecule has 0 bridgehead atoms. The van der Waals surface area contributed by atoms with Crippen molar-refractivity contribution in [1.29, 1.82) is 0 Å². The lowest BCUT2D eigenvalue weighted by Crippen LogP contribution is -2.58. The van der Waals surface area contributed by atoms with Crippen LogP contribution in [0.2, 0.25) is 0 Å². The molecular formula is C22H24N2O. The number of nitrogens with one attached hydrogen (secondary N) is 1. The second-order valence-corrected chi connectivity index (χ2v) is 7.74. The Morgan fingerprint density at radius 1 is 1.12 bits per heavy atom. The summed E-state index contributed by atoms with van der Waals surface area (Å²) in [6.45, 7) is 9.07. The van der Waals surface area contributed by atoms with Gasteiger partial charge in [-0.25, -0.2) is 0 Å². The molecule has 1 fully saturated rings. The first-order valence-electron chi connectivity index (χ1n) is 8.80. The molecular weight excluding hydrogens is 308 g/mol. The first-order chi connectivity index (χ1) is 11.8. The number of hydrogen-bond acceptors (Lipinski definition) is 2. The lowest BCUT2D eigenvalue weighted by molar-refractivity contribution is -0.118. The van der Waals surface area contributed by atoms with E-state index in [4.69, 9.17) is 0 Å². The second-order valence-electron chi connectivity index (χ2n) is 7.74. The number of anilines is 1. The number of hydrogen-bond donors (Lipinski definition) is 1. The highest BCUT2D eigenvalue weighted by atomic mass is 16.2. The standard InChI is InChI=1S/C22H24N2O/c1-15-9-10-19-18(13-15)21(3,4)22(23-20(25)14-24(19)22)12-11-17-8-6-5-7-16(17)2/h5-13H,14H2,1-4H3,(H,23,25)/b12-11+/t22-/m0/s1. The number of benzene rings is 2. The quantitative estimate of drug-likeness (QED) is 0.903. The summed E-state index contributed by atoms with van der Waals surface area (Å²) in [5.41, 5.74) is 5.36. The molecule has 0 aliphatic carbocycles. The van der Waals surface area contributed by atoms with Gasteiger partial charge in [-0.15, -0.1) is 0 Å². The van der Waals surface area contributed by atoms with Crippen LogP contribution in [-0.2, 0) is 10.2 Å². The third kappa shape index (κ3) is 2.15. The van der Waals surface area contributed by atoms with Crippen LogP contribution in [0.5, 0.6) is 0 Å². The Kier molecular flexibility index (Phi) is 3.33. The van der Waals surface area contributed by atoms with E-state index in [2.05, 4.69) is 80.4 Å². The van der Waals surface area contributed by atoms with E-state index in [9.17, 15) is 4.79 Å². The number of amides is 1. The Morgan fingerprint density at radius 3 is 2.64 bits per heavy atom. The molecule has 0 saturated carbocycles. The van der Waals surface area contributed by atoms with Gasteiger partial charge in [-0.1, -0.05) is 61.9 Å². The third-order valence-corrected chi connectivity index (χ3v) is 5.82. The van der Waals surface area contributed by atoms with Crippen molar-refractivity contribution in [3.05, 3.63) is 70.8 Å². The molecule has 0 aromatic heterocycles. The van der Waals surface area contributed by atoms with Gasteiger partial charge < -0.3 is 10.2 Å². The van der Waals surface area contributed by atoms with Crippen LogP contribution in [0.15, 0.2) is 48.5 Å². The normalized spacial score (nSPS) is 23.7. The second kappa shape index (κ2) is 5.22. The van der Waals surface area contributed by atoms with Gasteiger partial charge >= 0.3 is 0 Å². The Hall–Kier alpha value is -2.55. The Bertz CT molecular complexity index is 897. The molecule has 2 aliphatic heterocycles. The van der Waals surface area contributed by atoms with Gasteiger partial charge in [0.15, 0.2) is 0 Å². The smallest absolute Gasteiger partial charge is 0.241 e. The third-order valence-electron chi connectivity index (χ3n) is 5.82. The molecule has 2 aromatic carbocycles. The van der Waals surface area contributed by atoms with Gasteiger partial charge in [0.2, 0.25) is 5.91 Å². The van der Waals surface area contributed by atoms with E-state index in [1.807, 2.05) is 12.1 Å². The Balaban J connectivity index is 1.87. The van der Waals surface area contributed by atoms with Crippen molar-refractivity contribution in [3.63, 3.8) is 0 Å². The summed E-state index contributed by atoms with van der Waals surface area (Å²) in [6, 6.07) is 14.8. The van der Waals surface area contributed by atoms with Gasteiger partial charge in [-0.3, -0.25) is 4.79 Å². The van der Waals surface area contributed by atoms with E-state index in [0.29, 0.717) is 6.54 Å². The molecule has 3 heteroatoms. The molecule has 2 aromatic rings. The van der Waals surface area contributed by atoms with Crippen LogP contribution >= 0.6 is 0 Å². The number of rotatable bonds is 2. The SMILES string of the molecule is Cc1ccc2c(c1)C(C)(C)[C@@]1(/C=C/c3ccccc3C)NC(=O)CN21. The molecule has 25 heavy (non-hydrogen) atoms. The van der Waals surface area contributed by atoms with Crippen LogP contribution in [0.25, 0.3) is 6.08 Å². The molecule has 0 radical (unpaired) electrons. The molecule has 1 N–H and O–H groups in total. The van der Waals surface area contributed by atoms with Crippen molar-refractivity contribution in [3.8, 4) is 0 Å². The van der Waals surface area contributed by atoms with Crippen LogP contribution < -0.4 is 10.2 Å². The van der Waals surface area contributed by atoms with Crippen molar-refractivity contribution in [2.75, 3.05) is 11.4 Å². The van der Waals surface area contributed by atoms with Crippen molar-refractivity contribution >= 4 is 17.7 Å². The molecule has 128 valence electrons. The van der Waals surface area contributed by atoms with Crippen molar-refractivity contribution in [1.82, 2.24) is 5.32 Å². The van der Waals surface area contributed by atoms with Crippen LogP contribution in [0.3, 0.4) is 0 Å². The van der Waals surface area contributed by atoms with E-state index in [1.54, 1.807) is 0 Å². The summed E-state index contributed by atoms with van der Waals surface area (Å²) >= 11 is 0. The number of fused-ring (bicyclic) bond motifs is 3. The van der Waals surface area contributed by atoms with Gasteiger partial charge in [-0.2, -0.15) is 0 Å². The molecule has 1 atom stereocenters. The average molecular weight is 332 g/mol. The van der Waals surface area contributed by atoms with Crippen LogP contribution in [0.1, 0.15) is 36.1 Å². The maximum absolute atomic E-state index is 12.3. The summed E-state index contributed by atoms with van der Waals surface area (Å²) in [5, 5.41) is 3.28. The first kappa shape index (κ1) is 15.9. The largest absolute Gasteiger partial charge is 0.335 e. The van der Waals surface area contributed by atoms with E-state index >= 15 is 0 Å². The fraction of sp³-hybridized carbons (Fsp3) is 0.318. The molecule has 2 aliphatic rings. The minimum absolute atomic E-state index is 0.0775. The summed E-state index contributed by atoms with van der Waals surface area (Å²) in [5.74, 6) is 0.0775. The Labute approximate surface area is 149 Å². The van der Waals surface area contributed by atoms with E-state index in [0.717, 1.165) is 5.69 Å². The predicted molar refractivity (Wildman–Crippen MR) is 103 cm³/mol. The molecule has 0 spiro atoms. The minimum atomic E-state index is -0.525. The van der Waals surface area contributed by atoms with Gasteiger partial charge in [0.05, 0.1) is 6.54 Å². The summed E-state index contributed by atoms with van der Waals surface area (Å²) in [4.78, 5) is 14.5. The summed E-state index contributed by atoms with van der Waals surface area (Å²) < 4.78 is 0. The van der Waals surface area contributed by atoms with Crippen molar-refractivity contribution in [2.24, 2.45) is 0 Å².